The van der Waals surface area contributed by atoms with Crippen LogP contribution in [0.4, 0.5) is 0 Å². The Balaban J connectivity index is 3.43. The first-order chi connectivity index (χ1) is 6.12. The fraction of sp³-hybridized carbons (Fsp3) is 0.800. The second-order valence-electron chi connectivity index (χ2n) is 3.83. The molecule has 0 aliphatic carbocycles. The molecule has 0 aliphatic heterocycles. The number of nitrogens with zero attached hydrogens (tertiary/aromatic N) is 1. The summed E-state index contributed by atoms with van der Waals surface area (Å²) < 4.78 is 3.78. The van der Waals surface area contributed by atoms with Crippen molar-refractivity contribution in [2.24, 2.45) is 0 Å². The maximum absolute atomic E-state index is 8.80. The molecule has 0 aromatic heterocycles. The molecule has 0 rings (SSSR count). The highest BCUT2D eigenvalue weighted by molar-refractivity contribution is 14.1. The Hall–Kier alpha value is 0.210. The molecule has 13 heavy (non-hydrogen) atoms. The monoisotopic (exact) mass is 296 g/mol. The lowest BCUT2D eigenvalue weighted by Gasteiger charge is -2.28. The molecule has 0 aromatic carbocycles. The van der Waals surface area contributed by atoms with Crippen LogP contribution in [0.2, 0.25) is 0 Å². The van der Waals surface area contributed by atoms with E-state index in [1.165, 1.54) is 12.8 Å². The summed E-state index contributed by atoms with van der Waals surface area (Å²) in [4.78, 5) is 0. The van der Waals surface area contributed by atoms with Crippen LogP contribution in [-0.4, -0.2) is 43.4 Å². The SMILES string of the molecule is C[N+](C)(CCO)CCCCC#CI. The highest BCUT2D eigenvalue weighted by Crippen LogP contribution is 2.02. The first-order valence-electron chi connectivity index (χ1n) is 4.64. The second-order valence-corrected chi connectivity index (χ2v) is 4.37. The Kier molecular flexibility index (Phi) is 7.72. The van der Waals surface area contributed by atoms with Crippen LogP contribution in [0.15, 0.2) is 0 Å². The predicted octanol–water partition coefficient (Wildman–Crippen LogP) is 1.62. The van der Waals surface area contributed by atoms with Gasteiger partial charge in [0.25, 0.3) is 0 Å². The molecule has 0 unspecified atom stereocenters. The Morgan fingerprint density at radius 1 is 1.23 bits per heavy atom. The van der Waals surface area contributed by atoms with Gasteiger partial charge in [-0.3, -0.25) is 0 Å². The van der Waals surface area contributed by atoms with E-state index in [1.54, 1.807) is 0 Å². The Morgan fingerprint density at radius 2 is 1.92 bits per heavy atom. The van der Waals surface area contributed by atoms with Crippen molar-refractivity contribution < 1.29 is 9.59 Å². The molecule has 0 amide bonds. The van der Waals surface area contributed by atoms with Crippen molar-refractivity contribution >= 4 is 22.6 Å². The van der Waals surface area contributed by atoms with Crippen LogP contribution in [-0.2, 0) is 0 Å². The maximum Gasteiger partial charge on any atom is 0.102 e. The maximum atomic E-state index is 8.80. The van der Waals surface area contributed by atoms with E-state index in [4.69, 9.17) is 5.11 Å². The van der Waals surface area contributed by atoms with Crippen LogP contribution in [0, 0.1) is 9.85 Å². The lowest BCUT2D eigenvalue weighted by Crippen LogP contribution is -2.42. The molecule has 0 saturated heterocycles. The number of likely N-dealkylation sites (N-methyl/N-ethyl adjacent to an activating group) is 1. The van der Waals surface area contributed by atoms with E-state index in [0.717, 1.165) is 24.0 Å². The zero-order valence-electron chi connectivity index (χ0n) is 8.52. The van der Waals surface area contributed by atoms with Gasteiger partial charge in [0, 0.05) is 29.0 Å². The minimum Gasteiger partial charge on any atom is -0.391 e. The summed E-state index contributed by atoms with van der Waals surface area (Å²) in [5, 5.41) is 8.80. The van der Waals surface area contributed by atoms with Gasteiger partial charge in [0.05, 0.1) is 27.2 Å². The van der Waals surface area contributed by atoms with Crippen molar-refractivity contribution in [1.29, 1.82) is 0 Å². The van der Waals surface area contributed by atoms with Crippen LogP contribution < -0.4 is 0 Å². The third-order valence-corrected chi connectivity index (χ3v) is 2.47. The minimum atomic E-state index is 0.278. The average Bonchev–Trinajstić information content (AvgIpc) is 2.04. The summed E-state index contributed by atoms with van der Waals surface area (Å²) >= 11 is 2.07. The zero-order valence-corrected chi connectivity index (χ0v) is 10.7. The summed E-state index contributed by atoms with van der Waals surface area (Å²) in [5.41, 5.74) is 0. The van der Waals surface area contributed by atoms with Crippen molar-refractivity contribution in [1.82, 2.24) is 0 Å². The minimum absolute atomic E-state index is 0.278. The van der Waals surface area contributed by atoms with E-state index >= 15 is 0 Å². The molecule has 1 N–H and O–H groups in total. The van der Waals surface area contributed by atoms with Gasteiger partial charge in [0.2, 0.25) is 0 Å². The molecule has 0 fully saturated rings. The number of aliphatic hydroxyl groups is 1. The predicted molar refractivity (Wildman–Crippen MR) is 64.6 cm³/mol. The Labute approximate surface area is 95.0 Å². The van der Waals surface area contributed by atoms with Crippen LogP contribution in [0.1, 0.15) is 19.3 Å². The van der Waals surface area contributed by atoms with Gasteiger partial charge in [-0.15, -0.1) is 0 Å². The van der Waals surface area contributed by atoms with Crippen LogP contribution in [0.3, 0.4) is 0 Å². The molecular formula is C10H19INO+. The van der Waals surface area contributed by atoms with Gasteiger partial charge in [-0.2, -0.15) is 0 Å². The summed E-state index contributed by atoms with van der Waals surface area (Å²) in [5.74, 6) is 3.05. The van der Waals surface area contributed by atoms with Crippen LogP contribution in [0.25, 0.3) is 0 Å². The van der Waals surface area contributed by atoms with Crippen molar-refractivity contribution in [2.75, 3.05) is 33.8 Å². The van der Waals surface area contributed by atoms with Crippen LogP contribution in [0.5, 0.6) is 0 Å². The number of rotatable bonds is 6. The average molecular weight is 296 g/mol. The fourth-order valence-electron chi connectivity index (χ4n) is 1.18. The molecule has 0 radical (unpaired) electrons. The van der Waals surface area contributed by atoms with Crippen molar-refractivity contribution in [3.8, 4) is 9.85 Å². The molecule has 76 valence electrons. The molecule has 0 spiro atoms. The summed E-state index contributed by atoms with van der Waals surface area (Å²) in [7, 11) is 4.31. The summed E-state index contributed by atoms with van der Waals surface area (Å²) in [6, 6.07) is 0. The highest BCUT2D eigenvalue weighted by Gasteiger charge is 2.12. The fourth-order valence-corrected chi connectivity index (χ4v) is 1.45. The molecule has 0 saturated carbocycles. The van der Waals surface area contributed by atoms with E-state index in [2.05, 4.69) is 46.5 Å². The van der Waals surface area contributed by atoms with Gasteiger partial charge in [0.15, 0.2) is 0 Å². The van der Waals surface area contributed by atoms with Gasteiger partial charge >= 0.3 is 0 Å². The molecule has 0 aliphatic rings. The van der Waals surface area contributed by atoms with E-state index in [0.29, 0.717) is 0 Å². The third kappa shape index (κ3) is 8.54. The number of quaternary nitrogens is 1. The standard InChI is InChI=1S/C10H19INO/c1-12(2,9-10-13)8-6-4-3-5-7-11/h13H,3-4,6,8-10H2,1-2H3/q+1. The Bertz CT molecular complexity index is 181. The molecule has 0 bridgehead atoms. The van der Waals surface area contributed by atoms with E-state index in [9.17, 15) is 0 Å². The quantitative estimate of drug-likeness (QED) is 0.342. The number of halogens is 1. The zero-order chi connectivity index (χ0) is 10.2. The van der Waals surface area contributed by atoms with Crippen molar-refractivity contribution in [3.63, 3.8) is 0 Å². The first kappa shape index (κ1) is 13.2. The first-order valence-corrected chi connectivity index (χ1v) is 5.71. The van der Waals surface area contributed by atoms with Gasteiger partial charge < -0.3 is 9.59 Å². The summed E-state index contributed by atoms with van der Waals surface area (Å²) in [6.45, 7) is 2.25. The number of unbranched alkanes of at least 4 members (excludes halogenated alkanes) is 2. The third-order valence-electron chi connectivity index (χ3n) is 2.09. The number of aliphatic hydroxyl groups excluding tert-OH is 1. The number of hydrogen-bond acceptors (Lipinski definition) is 1. The molecule has 0 atom stereocenters. The summed E-state index contributed by atoms with van der Waals surface area (Å²) in [6.07, 6.45) is 3.36. The van der Waals surface area contributed by atoms with Crippen molar-refractivity contribution in [2.45, 2.75) is 19.3 Å². The largest absolute Gasteiger partial charge is 0.391 e. The van der Waals surface area contributed by atoms with E-state index in [-0.39, 0.29) is 6.61 Å². The lowest BCUT2D eigenvalue weighted by molar-refractivity contribution is -0.890. The Morgan fingerprint density at radius 3 is 2.46 bits per heavy atom. The highest BCUT2D eigenvalue weighted by atomic mass is 127. The van der Waals surface area contributed by atoms with Gasteiger partial charge in [-0.1, -0.05) is 5.92 Å². The molecule has 3 heteroatoms. The second kappa shape index (κ2) is 7.60. The van der Waals surface area contributed by atoms with Gasteiger partial charge in [-0.25, -0.2) is 0 Å². The smallest absolute Gasteiger partial charge is 0.102 e. The van der Waals surface area contributed by atoms with Crippen molar-refractivity contribution in [3.05, 3.63) is 0 Å². The molecule has 0 aromatic rings. The normalized spacial score (nSPS) is 10.8. The molecule has 0 heterocycles. The lowest BCUT2D eigenvalue weighted by atomic mass is 10.2. The van der Waals surface area contributed by atoms with Crippen LogP contribution >= 0.6 is 22.6 Å². The number of hydrogen-bond donors (Lipinski definition) is 1. The molecule has 2 nitrogen and oxygen atoms in total. The van der Waals surface area contributed by atoms with E-state index < -0.39 is 0 Å². The van der Waals surface area contributed by atoms with E-state index in [1.807, 2.05) is 0 Å². The molecular weight excluding hydrogens is 277 g/mol. The van der Waals surface area contributed by atoms with Gasteiger partial charge in [-0.05, 0) is 16.8 Å². The van der Waals surface area contributed by atoms with Gasteiger partial charge in [0.1, 0.15) is 6.54 Å². The topological polar surface area (TPSA) is 20.2 Å².